The van der Waals surface area contributed by atoms with Gasteiger partial charge in [-0.05, 0) is 48.9 Å². The van der Waals surface area contributed by atoms with Crippen molar-refractivity contribution in [1.82, 2.24) is 0 Å². The molecule has 0 heterocycles. The van der Waals surface area contributed by atoms with Gasteiger partial charge in [-0.15, -0.1) is 11.8 Å². The fraction of sp³-hybridized carbons (Fsp3) is 0.235. The van der Waals surface area contributed by atoms with Gasteiger partial charge in [-0.1, -0.05) is 25.1 Å². The summed E-state index contributed by atoms with van der Waals surface area (Å²) in [5.74, 6) is 2.39. The molecule has 0 aliphatic carbocycles. The Morgan fingerprint density at radius 2 is 1.81 bits per heavy atom. The van der Waals surface area contributed by atoms with Crippen molar-refractivity contribution in [2.75, 3.05) is 5.75 Å². The van der Waals surface area contributed by atoms with Gasteiger partial charge in [0.1, 0.15) is 17.3 Å². The van der Waals surface area contributed by atoms with E-state index in [1.54, 1.807) is 11.8 Å². The summed E-state index contributed by atoms with van der Waals surface area (Å²) < 4.78 is 6.04. The van der Waals surface area contributed by atoms with Crippen LogP contribution in [-0.2, 0) is 0 Å². The fourth-order valence-corrected chi connectivity index (χ4v) is 2.93. The van der Waals surface area contributed by atoms with Crippen LogP contribution in [-0.4, -0.2) is 11.6 Å². The van der Waals surface area contributed by atoms with Crippen molar-refractivity contribution in [2.45, 2.75) is 25.7 Å². The first-order chi connectivity index (χ1) is 10.0. The van der Waals surface area contributed by atoms with Crippen LogP contribution in [0, 0.1) is 19.3 Å². The summed E-state index contributed by atoms with van der Waals surface area (Å²) in [6.07, 6.45) is 0. The van der Waals surface area contributed by atoms with Gasteiger partial charge in [-0.3, -0.25) is 5.41 Å². The standard InChI is InChI=1S/C17H20N2OS/c1-4-21-15-10-6-9-14(16(15)17(18)19)20-13-8-5-7-11(2)12(13)3/h5-10H,4H2,1-3H3,(H3,18,19). The molecule has 0 unspecified atom stereocenters. The van der Waals surface area contributed by atoms with E-state index < -0.39 is 0 Å². The van der Waals surface area contributed by atoms with Gasteiger partial charge in [0.15, 0.2) is 0 Å². The van der Waals surface area contributed by atoms with Crippen molar-refractivity contribution in [3.8, 4) is 11.5 Å². The van der Waals surface area contributed by atoms with E-state index in [2.05, 4.69) is 19.9 Å². The van der Waals surface area contributed by atoms with E-state index >= 15 is 0 Å². The quantitative estimate of drug-likeness (QED) is 0.486. The minimum Gasteiger partial charge on any atom is -0.456 e. The summed E-state index contributed by atoms with van der Waals surface area (Å²) in [6.45, 7) is 6.16. The van der Waals surface area contributed by atoms with Crippen LogP contribution in [0.3, 0.4) is 0 Å². The van der Waals surface area contributed by atoms with Gasteiger partial charge in [-0.2, -0.15) is 0 Å². The molecule has 2 aromatic rings. The maximum Gasteiger partial charge on any atom is 0.139 e. The second-order valence-corrected chi connectivity index (χ2v) is 6.08. The molecule has 0 amide bonds. The first-order valence-corrected chi connectivity index (χ1v) is 7.87. The number of rotatable bonds is 5. The summed E-state index contributed by atoms with van der Waals surface area (Å²) in [5, 5.41) is 7.84. The second-order valence-electron chi connectivity index (χ2n) is 4.78. The number of benzene rings is 2. The normalized spacial score (nSPS) is 10.4. The van der Waals surface area contributed by atoms with Gasteiger partial charge in [0.05, 0.1) is 5.56 Å². The Hall–Kier alpha value is -1.94. The third-order valence-corrected chi connectivity index (χ3v) is 4.27. The first-order valence-electron chi connectivity index (χ1n) is 6.88. The number of nitrogens with two attached hydrogens (primary N) is 1. The molecule has 3 N–H and O–H groups in total. The number of aryl methyl sites for hydroxylation is 1. The van der Waals surface area contributed by atoms with Crippen LogP contribution in [0.15, 0.2) is 41.3 Å². The number of hydrogen-bond donors (Lipinski definition) is 2. The monoisotopic (exact) mass is 300 g/mol. The molecule has 0 aliphatic heterocycles. The highest BCUT2D eigenvalue weighted by Gasteiger charge is 2.14. The molecule has 0 saturated carbocycles. The van der Waals surface area contributed by atoms with Gasteiger partial charge in [0.25, 0.3) is 0 Å². The van der Waals surface area contributed by atoms with Gasteiger partial charge >= 0.3 is 0 Å². The second kappa shape index (κ2) is 6.68. The summed E-state index contributed by atoms with van der Waals surface area (Å²) in [7, 11) is 0. The van der Waals surface area contributed by atoms with Crippen LogP contribution < -0.4 is 10.5 Å². The maximum absolute atomic E-state index is 7.84. The Morgan fingerprint density at radius 1 is 1.14 bits per heavy atom. The average molecular weight is 300 g/mol. The number of nitrogen functional groups attached to an aromatic ring is 1. The lowest BCUT2D eigenvalue weighted by atomic mass is 10.1. The third kappa shape index (κ3) is 3.39. The van der Waals surface area contributed by atoms with E-state index in [1.807, 2.05) is 37.3 Å². The topological polar surface area (TPSA) is 59.1 Å². The van der Waals surface area contributed by atoms with E-state index in [1.165, 1.54) is 5.56 Å². The van der Waals surface area contributed by atoms with Crippen LogP contribution in [0.2, 0.25) is 0 Å². The number of thioether (sulfide) groups is 1. The average Bonchev–Trinajstić information content (AvgIpc) is 2.44. The molecule has 0 aromatic heterocycles. The molecule has 0 saturated heterocycles. The molecule has 0 bridgehead atoms. The molecule has 21 heavy (non-hydrogen) atoms. The molecule has 0 fully saturated rings. The Balaban J connectivity index is 2.46. The Kier molecular flexibility index (Phi) is 4.91. The molecule has 3 nitrogen and oxygen atoms in total. The van der Waals surface area contributed by atoms with Gasteiger partial charge in [0.2, 0.25) is 0 Å². The zero-order valence-electron chi connectivity index (χ0n) is 12.6. The van der Waals surface area contributed by atoms with E-state index in [0.29, 0.717) is 11.3 Å². The lowest BCUT2D eigenvalue weighted by molar-refractivity contribution is 0.476. The molecule has 0 spiro atoms. The largest absolute Gasteiger partial charge is 0.456 e. The Morgan fingerprint density at radius 3 is 2.48 bits per heavy atom. The van der Waals surface area contributed by atoms with Crippen LogP contribution in [0.5, 0.6) is 11.5 Å². The number of amidine groups is 1. The third-order valence-electron chi connectivity index (χ3n) is 3.33. The number of hydrogen-bond acceptors (Lipinski definition) is 3. The molecular weight excluding hydrogens is 280 g/mol. The van der Waals surface area contributed by atoms with Crippen molar-refractivity contribution in [1.29, 1.82) is 5.41 Å². The minimum absolute atomic E-state index is 0.0341. The molecule has 2 aromatic carbocycles. The molecule has 0 aliphatic rings. The van der Waals surface area contributed by atoms with Crippen molar-refractivity contribution >= 4 is 17.6 Å². The summed E-state index contributed by atoms with van der Waals surface area (Å²) in [6, 6.07) is 11.7. The van der Waals surface area contributed by atoms with Crippen LogP contribution >= 0.6 is 11.8 Å². The summed E-state index contributed by atoms with van der Waals surface area (Å²) >= 11 is 1.66. The highest BCUT2D eigenvalue weighted by Crippen LogP contribution is 2.34. The maximum atomic E-state index is 7.84. The van der Waals surface area contributed by atoms with Crippen molar-refractivity contribution < 1.29 is 4.74 Å². The van der Waals surface area contributed by atoms with Crippen LogP contribution in [0.4, 0.5) is 0 Å². The van der Waals surface area contributed by atoms with Crippen LogP contribution in [0.25, 0.3) is 0 Å². The van der Waals surface area contributed by atoms with E-state index in [9.17, 15) is 0 Å². The van der Waals surface area contributed by atoms with Crippen LogP contribution in [0.1, 0.15) is 23.6 Å². The highest BCUT2D eigenvalue weighted by molar-refractivity contribution is 7.99. The van der Waals surface area contributed by atoms with E-state index in [-0.39, 0.29) is 5.84 Å². The summed E-state index contributed by atoms with van der Waals surface area (Å²) in [5.41, 5.74) is 8.70. The molecule has 0 radical (unpaired) electrons. The lowest BCUT2D eigenvalue weighted by Crippen LogP contribution is -2.14. The van der Waals surface area contributed by atoms with E-state index in [0.717, 1.165) is 22.0 Å². The zero-order chi connectivity index (χ0) is 15.4. The molecule has 2 rings (SSSR count). The lowest BCUT2D eigenvalue weighted by Gasteiger charge is -2.15. The SMILES string of the molecule is CCSc1cccc(Oc2cccc(C)c2C)c1C(=N)N. The number of ether oxygens (including phenoxy) is 1. The zero-order valence-corrected chi connectivity index (χ0v) is 13.4. The summed E-state index contributed by atoms with van der Waals surface area (Å²) in [4.78, 5) is 0.979. The minimum atomic E-state index is 0.0341. The first kappa shape index (κ1) is 15.4. The molecule has 4 heteroatoms. The molecular formula is C17H20N2OS. The fourth-order valence-electron chi connectivity index (χ4n) is 2.09. The van der Waals surface area contributed by atoms with E-state index in [4.69, 9.17) is 15.9 Å². The predicted molar refractivity (Wildman–Crippen MR) is 89.8 cm³/mol. The van der Waals surface area contributed by atoms with Gasteiger partial charge in [0, 0.05) is 4.90 Å². The Labute approximate surface area is 130 Å². The molecule has 0 atom stereocenters. The highest BCUT2D eigenvalue weighted by atomic mass is 32.2. The van der Waals surface area contributed by atoms with Crippen molar-refractivity contribution in [3.63, 3.8) is 0 Å². The predicted octanol–water partition coefficient (Wildman–Crippen LogP) is 4.49. The molecule has 110 valence electrons. The van der Waals surface area contributed by atoms with Gasteiger partial charge in [-0.25, -0.2) is 0 Å². The number of nitrogens with one attached hydrogen (secondary N) is 1. The smallest absolute Gasteiger partial charge is 0.139 e. The Bertz CT molecular complexity index is 668. The van der Waals surface area contributed by atoms with Crippen molar-refractivity contribution in [3.05, 3.63) is 53.1 Å². The van der Waals surface area contributed by atoms with Crippen molar-refractivity contribution in [2.24, 2.45) is 5.73 Å². The van der Waals surface area contributed by atoms with Gasteiger partial charge < -0.3 is 10.5 Å².